The molecule has 1 aromatic carbocycles. The van der Waals surface area contributed by atoms with E-state index >= 15 is 0 Å². The summed E-state index contributed by atoms with van der Waals surface area (Å²) in [6.45, 7) is 12.4. The summed E-state index contributed by atoms with van der Waals surface area (Å²) in [6, 6.07) is 12.0. The Hall–Kier alpha value is -0.780. The number of hydrogen-bond donors (Lipinski definition) is 0. The van der Waals surface area contributed by atoms with Crippen LogP contribution in [0.4, 0.5) is 0 Å². The van der Waals surface area contributed by atoms with Gasteiger partial charge in [-0.1, -0.05) is 127 Å². The van der Waals surface area contributed by atoms with Gasteiger partial charge in [0, 0.05) is 0 Å². The molecule has 0 saturated carbocycles. The van der Waals surface area contributed by atoms with Crippen LogP contribution in [0.2, 0.25) is 0 Å². The third-order valence-corrected chi connectivity index (χ3v) is 1.37. The predicted molar refractivity (Wildman–Crippen MR) is 101 cm³/mol. The molecule has 0 nitrogen and oxygen atoms in total. The summed E-state index contributed by atoms with van der Waals surface area (Å²) in [5, 5.41) is 0. The summed E-state index contributed by atoms with van der Waals surface area (Å²) >= 11 is 0. The molecular formula is C19H46. The minimum absolute atomic E-state index is 0. The molecule has 0 atom stereocenters. The van der Waals surface area contributed by atoms with Gasteiger partial charge in [0.05, 0.1) is 0 Å². The Morgan fingerprint density at radius 1 is 0.474 bits per heavy atom. The van der Waals surface area contributed by atoms with Crippen molar-refractivity contribution in [3.63, 3.8) is 0 Å². The topological polar surface area (TPSA) is 0 Å². The third kappa shape index (κ3) is 76.5. The second kappa shape index (κ2) is 67.0. The van der Waals surface area contributed by atoms with Crippen molar-refractivity contribution in [2.75, 3.05) is 0 Å². The molecule has 0 radical (unpaired) electrons. The number of unbranched alkanes of at least 4 members (excludes halogenated alkanes) is 2. The van der Waals surface area contributed by atoms with Gasteiger partial charge in [0.2, 0.25) is 0 Å². The van der Waals surface area contributed by atoms with E-state index < -0.39 is 0 Å². The second-order valence-corrected chi connectivity index (χ2v) is 2.51. The molecule has 0 unspecified atom stereocenters. The predicted octanol–water partition coefficient (Wildman–Crippen LogP) is 8.48. The van der Waals surface area contributed by atoms with Crippen molar-refractivity contribution >= 4 is 0 Å². The lowest BCUT2D eigenvalue weighted by Gasteiger charge is -1.79. The fourth-order valence-electron chi connectivity index (χ4n) is 0.738. The number of benzene rings is 1. The number of rotatable bonds is 2. The molecule has 0 aliphatic heterocycles. The lowest BCUT2D eigenvalue weighted by Crippen LogP contribution is -1.59. The first-order valence-corrected chi connectivity index (χ1v) is 6.41. The first-order valence-electron chi connectivity index (χ1n) is 6.41. The van der Waals surface area contributed by atoms with E-state index in [-0.39, 0.29) is 29.7 Å². The van der Waals surface area contributed by atoms with E-state index in [1.807, 2.05) is 64.1 Å². The van der Waals surface area contributed by atoms with Crippen LogP contribution in [0.15, 0.2) is 36.4 Å². The van der Waals surface area contributed by atoms with Gasteiger partial charge in [-0.15, -0.1) is 0 Å². The third-order valence-electron chi connectivity index (χ3n) is 1.37. The largest absolute Gasteiger partial charge is 0.0776 e. The van der Waals surface area contributed by atoms with Crippen LogP contribution >= 0.6 is 0 Å². The molecule has 0 aromatic heterocycles. The molecule has 0 saturated heterocycles. The fourth-order valence-corrected chi connectivity index (χ4v) is 0.738. The van der Waals surface area contributed by atoms with E-state index in [0.29, 0.717) is 0 Å². The van der Waals surface area contributed by atoms with Crippen molar-refractivity contribution in [1.82, 2.24) is 0 Å². The maximum atomic E-state index is 2.21. The molecule has 122 valence electrons. The Morgan fingerprint density at radius 3 is 0.684 bits per heavy atom. The molecule has 0 heteroatoms. The van der Waals surface area contributed by atoms with Crippen LogP contribution in [0, 0.1) is 0 Å². The molecule has 0 heterocycles. The molecule has 0 aliphatic carbocycles. The van der Waals surface area contributed by atoms with Crippen LogP contribution in [0.25, 0.3) is 0 Å². The van der Waals surface area contributed by atoms with E-state index in [4.69, 9.17) is 0 Å². The molecule has 19 heavy (non-hydrogen) atoms. The molecule has 1 rings (SSSR count). The van der Waals surface area contributed by atoms with Gasteiger partial charge in [-0.25, -0.2) is 0 Å². The molecule has 0 aliphatic rings. The van der Waals surface area contributed by atoms with Gasteiger partial charge >= 0.3 is 0 Å². The zero-order valence-electron chi connectivity index (χ0n) is 11.6. The van der Waals surface area contributed by atoms with Crippen molar-refractivity contribution < 1.29 is 0 Å². The summed E-state index contributed by atoms with van der Waals surface area (Å²) in [7, 11) is 0. The minimum Gasteiger partial charge on any atom is -0.0776 e. The Labute approximate surface area is 127 Å². The van der Waals surface area contributed by atoms with E-state index in [1.54, 1.807) is 0 Å². The van der Waals surface area contributed by atoms with Gasteiger partial charge < -0.3 is 0 Å². The van der Waals surface area contributed by atoms with E-state index in [2.05, 4.69) is 13.8 Å². The Balaban J connectivity index is -0.0000000208. The first kappa shape index (κ1) is 42.9. The normalized spacial score (nSPS) is 5.37. The smallest absolute Gasteiger partial charge is 0.0538 e. The Morgan fingerprint density at radius 2 is 0.632 bits per heavy atom. The van der Waals surface area contributed by atoms with Crippen LogP contribution in [0.1, 0.15) is 90.5 Å². The zero-order valence-corrected chi connectivity index (χ0v) is 11.6. The van der Waals surface area contributed by atoms with Gasteiger partial charge in [-0.3, -0.25) is 0 Å². The monoisotopic (exact) mass is 274 g/mol. The van der Waals surface area contributed by atoms with Crippen molar-refractivity contribution in [1.29, 1.82) is 0 Å². The first-order chi connectivity index (χ1) is 7.41. The highest BCUT2D eigenvalue weighted by Crippen LogP contribution is 1.88. The average molecular weight is 275 g/mol. The molecule has 0 N–H and O–H groups in total. The lowest BCUT2D eigenvalue weighted by molar-refractivity contribution is 0.772. The molecule has 0 spiro atoms. The van der Waals surface area contributed by atoms with Gasteiger partial charge in [-0.2, -0.15) is 0 Å². The van der Waals surface area contributed by atoms with Crippen LogP contribution in [-0.4, -0.2) is 0 Å². The second-order valence-electron chi connectivity index (χ2n) is 2.51. The van der Waals surface area contributed by atoms with Crippen LogP contribution < -0.4 is 0 Å². The van der Waals surface area contributed by atoms with Gasteiger partial charge in [0.25, 0.3) is 0 Å². The van der Waals surface area contributed by atoms with E-state index in [1.165, 1.54) is 19.3 Å². The summed E-state index contributed by atoms with van der Waals surface area (Å²) in [6.07, 6.45) is 4.08. The summed E-state index contributed by atoms with van der Waals surface area (Å²) < 4.78 is 0. The molecule has 0 bridgehead atoms. The summed E-state index contributed by atoms with van der Waals surface area (Å²) in [5.41, 5.74) is 0. The SMILES string of the molecule is C.C.C.C.CC.CC.CCCCC.c1ccccc1. The molecule has 0 fully saturated rings. The fraction of sp³-hybridized carbons (Fsp3) is 0.684. The van der Waals surface area contributed by atoms with E-state index in [9.17, 15) is 0 Å². The van der Waals surface area contributed by atoms with E-state index in [0.717, 1.165) is 0 Å². The Bertz CT molecular complexity index is 103. The highest BCUT2D eigenvalue weighted by Gasteiger charge is 1.68. The van der Waals surface area contributed by atoms with Crippen molar-refractivity contribution in [2.45, 2.75) is 90.5 Å². The average Bonchev–Trinajstić information content (AvgIpc) is 2.38. The quantitative estimate of drug-likeness (QED) is 0.507. The lowest BCUT2D eigenvalue weighted by atomic mass is 10.3. The Kier molecular flexibility index (Phi) is 151. The summed E-state index contributed by atoms with van der Waals surface area (Å²) in [5.74, 6) is 0. The van der Waals surface area contributed by atoms with Crippen LogP contribution in [0.3, 0.4) is 0 Å². The highest BCUT2D eigenvalue weighted by molar-refractivity contribution is 4.99. The molecule has 0 amide bonds. The van der Waals surface area contributed by atoms with Gasteiger partial charge in [-0.05, 0) is 0 Å². The van der Waals surface area contributed by atoms with Crippen LogP contribution in [-0.2, 0) is 0 Å². The van der Waals surface area contributed by atoms with Crippen molar-refractivity contribution in [2.24, 2.45) is 0 Å². The maximum Gasteiger partial charge on any atom is -0.0538 e. The summed E-state index contributed by atoms with van der Waals surface area (Å²) in [4.78, 5) is 0. The van der Waals surface area contributed by atoms with Crippen molar-refractivity contribution in [3.8, 4) is 0 Å². The molecular weight excluding hydrogens is 228 g/mol. The number of hydrogen-bond acceptors (Lipinski definition) is 0. The maximum absolute atomic E-state index is 2.21. The molecule has 1 aromatic rings. The van der Waals surface area contributed by atoms with Gasteiger partial charge in [0.15, 0.2) is 0 Å². The van der Waals surface area contributed by atoms with Crippen LogP contribution in [0.5, 0.6) is 0 Å². The minimum atomic E-state index is 0. The highest BCUT2D eigenvalue weighted by atomic mass is 13.7. The standard InChI is InChI=1S/C6H6.C5H12.2C2H6.4CH4/c1-2-4-6-5-3-1;1-3-5-4-2;2*1-2;;;;/h1-6H;3-5H2,1-2H3;2*1-2H3;4*1H4. The zero-order chi connectivity index (χ0) is 12.4. The van der Waals surface area contributed by atoms with Crippen molar-refractivity contribution in [3.05, 3.63) is 36.4 Å². The van der Waals surface area contributed by atoms with Gasteiger partial charge in [0.1, 0.15) is 0 Å².